The van der Waals surface area contributed by atoms with Gasteiger partial charge in [0.2, 0.25) is 0 Å². The molecule has 4 N–H and O–H groups in total. The molecule has 0 unspecified atom stereocenters. The molecule has 0 fully saturated rings. The van der Waals surface area contributed by atoms with Crippen molar-refractivity contribution in [1.82, 2.24) is 5.32 Å². The molecule has 0 aromatic rings. The predicted octanol–water partition coefficient (Wildman–Crippen LogP) is 2.05. The summed E-state index contributed by atoms with van der Waals surface area (Å²) in [5, 5.41) is 15.1. The zero-order valence-electron chi connectivity index (χ0n) is 10.9. The van der Waals surface area contributed by atoms with E-state index in [4.69, 9.17) is 10.9 Å². The van der Waals surface area contributed by atoms with Crippen molar-refractivity contribution in [2.24, 2.45) is 16.3 Å². The van der Waals surface area contributed by atoms with Gasteiger partial charge in [0.05, 0.1) is 0 Å². The average molecular weight is 259 g/mol. The number of hydrogen-bond acceptors (Lipinski definition) is 4. The van der Waals surface area contributed by atoms with Gasteiger partial charge in [-0.15, -0.1) is 6.58 Å². The molecule has 0 aromatic heterocycles. The Morgan fingerprint density at radius 1 is 1.53 bits per heavy atom. The summed E-state index contributed by atoms with van der Waals surface area (Å²) in [6.07, 6.45) is 3.86. The van der Waals surface area contributed by atoms with E-state index in [0.717, 1.165) is 37.4 Å². The Hall–Kier alpha value is -0.680. The van der Waals surface area contributed by atoms with Crippen molar-refractivity contribution in [2.45, 2.75) is 26.7 Å². The van der Waals surface area contributed by atoms with Crippen LogP contribution in [-0.2, 0) is 0 Å². The predicted molar refractivity (Wildman–Crippen MR) is 76.8 cm³/mol. The Balaban J connectivity index is 3.48. The van der Waals surface area contributed by atoms with E-state index >= 15 is 0 Å². The summed E-state index contributed by atoms with van der Waals surface area (Å²) >= 11 is 1.87. The smallest absolute Gasteiger partial charge is 0.144 e. The summed E-state index contributed by atoms with van der Waals surface area (Å²) in [5.41, 5.74) is 5.39. The van der Waals surface area contributed by atoms with E-state index in [2.05, 4.69) is 17.1 Å². The Morgan fingerprint density at radius 3 is 2.82 bits per heavy atom. The summed E-state index contributed by atoms with van der Waals surface area (Å²) in [5.74, 6) is 2.42. The Morgan fingerprint density at radius 2 is 2.24 bits per heavy atom. The molecule has 0 aliphatic rings. The van der Waals surface area contributed by atoms with E-state index in [1.807, 2.05) is 31.7 Å². The van der Waals surface area contributed by atoms with E-state index in [0.29, 0.717) is 5.84 Å². The van der Waals surface area contributed by atoms with Crippen LogP contribution in [-0.4, -0.2) is 35.6 Å². The molecule has 100 valence electrons. The zero-order chi connectivity index (χ0) is 13.1. The molecule has 0 atom stereocenters. The third-order valence-corrected chi connectivity index (χ3v) is 3.58. The van der Waals surface area contributed by atoms with E-state index in [9.17, 15) is 0 Å². The molecule has 4 nitrogen and oxygen atoms in total. The van der Waals surface area contributed by atoms with Crippen molar-refractivity contribution in [3.63, 3.8) is 0 Å². The highest BCUT2D eigenvalue weighted by molar-refractivity contribution is 7.99. The van der Waals surface area contributed by atoms with Gasteiger partial charge in [0.1, 0.15) is 5.84 Å². The van der Waals surface area contributed by atoms with Gasteiger partial charge in [0, 0.05) is 23.5 Å². The lowest BCUT2D eigenvalue weighted by Crippen LogP contribution is -2.32. The third kappa shape index (κ3) is 8.10. The molecule has 0 aromatic carbocycles. The topological polar surface area (TPSA) is 70.6 Å². The van der Waals surface area contributed by atoms with E-state index in [1.54, 1.807) is 0 Å². The van der Waals surface area contributed by atoms with Crippen molar-refractivity contribution in [3.05, 3.63) is 12.7 Å². The summed E-state index contributed by atoms with van der Waals surface area (Å²) < 4.78 is 0. The lowest BCUT2D eigenvalue weighted by molar-refractivity contribution is 0.304. The molecule has 0 radical (unpaired) electrons. The van der Waals surface area contributed by atoms with Gasteiger partial charge >= 0.3 is 0 Å². The molecule has 0 aliphatic heterocycles. The average Bonchev–Trinajstić information content (AvgIpc) is 2.31. The van der Waals surface area contributed by atoms with Crippen LogP contribution in [0.5, 0.6) is 0 Å². The summed E-state index contributed by atoms with van der Waals surface area (Å²) in [6.45, 7) is 9.64. The second-order valence-corrected chi connectivity index (χ2v) is 5.74. The molecular formula is C12H25N3OS. The number of amidine groups is 1. The van der Waals surface area contributed by atoms with Crippen LogP contribution in [0.15, 0.2) is 17.8 Å². The van der Waals surface area contributed by atoms with Crippen LogP contribution in [0.4, 0.5) is 0 Å². The van der Waals surface area contributed by atoms with Crippen molar-refractivity contribution in [3.8, 4) is 0 Å². The standard InChI is InChI=1S/C12H25N3OS/c1-4-9-17-10-8-14-7-5-6-12(2,3)11(13)15-16/h4,14,16H,1,5-10H2,2-3H3,(H2,13,15). The van der Waals surface area contributed by atoms with Crippen molar-refractivity contribution < 1.29 is 5.21 Å². The van der Waals surface area contributed by atoms with Gasteiger partial charge in [-0.25, -0.2) is 0 Å². The van der Waals surface area contributed by atoms with Gasteiger partial charge in [-0.3, -0.25) is 0 Å². The van der Waals surface area contributed by atoms with Crippen LogP contribution in [0.25, 0.3) is 0 Å². The van der Waals surface area contributed by atoms with Gasteiger partial charge in [-0.2, -0.15) is 11.8 Å². The zero-order valence-corrected chi connectivity index (χ0v) is 11.7. The maximum Gasteiger partial charge on any atom is 0.144 e. The first-order valence-corrected chi connectivity index (χ1v) is 7.07. The van der Waals surface area contributed by atoms with Gasteiger partial charge in [-0.1, -0.05) is 25.1 Å². The SMILES string of the molecule is C=CCSCCNCCCC(C)(C)/C(N)=N/O. The lowest BCUT2D eigenvalue weighted by Gasteiger charge is -2.22. The highest BCUT2D eigenvalue weighted by Crippen LogP contribution is 2.21. The Labute approximate surface area is 109 Å². The number of thioether (sulfide) groups is 1. The molecule has 0 bridgehead atoms. The summed E-state index contributed by atoms with van der Waals surface area (Å²) in [6, 6.07) is 0. The molecule has 0 spiro atoms. The first kappa shape index (κ1) is 16.3. The van der Waals surface area contributed by atoms with Gasteiger partial charge < -0.3 is 16.3 Å². The molecule has 5 heteroatoms. The highest BCUT2D eigenvalue weighted by atomic mass is 32.2. The van der Waals surface area contributed by atoms with Crippen LogP contribution in [0.2, 0.25) is 0 Å². The second kappa shape index (κ2) is 9.36. The molecule has 0 amide bonds. The molecular weight excluding hydrogens is 234 g/mol. The largest absolute Gasteiger partial charge is 0.409 e. The fourth-order valence-corrected chi connectivity index (χ4v) is 1.98. The number of nitrogens with zero attached hydrogens (tertiary/aromatic N) is 1. The fraction of sp³-hybridized carbons (Fsp3) is 0.750. The number of oxime groups is 1. The van der Waals surface area contributed by atoms with E-state index in [1.165, 1.54) is 0 Å². The minimum Gasteiger partial charge on any atom is -0.409 e. The molecule has 0 saturated carbocycles. The summed E-state index contributed by atoms with van der Waals surface area (Å²) in [7, 11) is 0. The van der Waals surface area contributed by atoms with Crippen molar-refractivity contribution in [2.75, 3.05) is 24.6 Å². The molecule has 0 saturated heterocycles. The second-order valence-electron chi connectivity index (χ2n) is 4.59. The first-order valence-electron chi connectivity index (χ1n) is 5.92. The first-order chi connectivity index (χ1) is 8.04. The van der Waals surface area contributed by atoms with E-state index in [-0.39, 0.29) is 5.41 Å². The maximum atomic E-state index is 8.63. The third-order valence-electron chi connectivity index (χ3n) is 2.62. The molecule has 0 heterocycles. The molecule has 17 heavy (non-hydrogen) atoms. The Bertz CT molecular complexity index is 242. The van der Waals surface area contributed by atoms with Gasteiger partial charge in [-0.05, 0) is 19.4 Å². The normalized spacial score (nSPS) is 12.7. The number of rotatable bonds is 10. The monoisotopic (exact) mass is 259 g/mol. The van der Waals surface area contributed by atoms with E-state index < -0.39 is 0 Å². The number of nitrogens with two attached hydrogens (primary N) is 1. The lowest BCUT2D eigenvalue weighted by atomic mass is 9.86. The van der Waals surface area contributed by atoms with Crippen molar-refractivity contribution >= 4 is 17.6 Å². The van der Waals surface area contributed by atoms with Crippen LogP contribution in [0.1, 0.15) is 26.7 Å². The quantitative estimate of drug-likeness (QED) is 0.140. The van der Waals surface area contributed by atoms with Gasteiger partial charge in [0.25, 0.3) is 0 Å². The number of hydrogen-bond donors (Lipinski definition) is 3. The highest BCUT2D eigenvalue weighted by Gasteiger charge is 2.22. The molecule has 0 aliphatic carbocycles. The number of nitrogens with one attached hydrogen (secondary N) is 1. The van der Waals surface area contributed by atoms with Crippen LogP contribution in [0, 0.1) is 5.41 Å². The fourth-order valence-electron chi connectivity index (χ4n) is 1.35. The van der Waals surface area contributed by atoms with Crippen molar-refractivity contribution in [1.29, 1.82) is 0 Å². The van der Waals surface area contributed by atoms with Gasteiger partial charge in [0.15, 0.2) is 0 Å². The minimum atomic E-state index is -0.228. The minimum absolute atomic E-state index is 0.228. The van der Waals surface area contributed by atoms with Crippen LogP contribution < -0.4 is 11.1 Å². The Kier molecular flexibility index (Phi) is 8.99. The summed E-state index contributed by atoms with van der Waals surface area (Å²) in [4.78, 5) is 0. The van der Waals surface area contributed by atoms with Crippen LogP contribution in [0.3, 0.4) is 0 Å². The maximum absolute atomic E-state index is 8.63. The van der Waals surface area contributed by atoms with Crippen LogP contribution >= 0.6 is 11.8 Å². The molecule has 0 rings (SSSR count).